The third kappa shape index (κ3) is 8.94. The Morgan fingerprint density at radius 1 is 0.833 bits per heavy atom. The average molecular weight is 170 g/mol. The van der Waals surface area contributed by atoms with Crippen molar-refractivity contribution in [2.24, 2.45) is 10.2 Å². The van der Waals surface area contributed by atoms with E-state index in [0.717, 1.165) is 12.8 Å². The topological polar surface area (TPSA) is 31.2 Å². The maximum absolute atomic E-state index is 4.07. The fourth-order valence-corrected chi connectivity index (χ4v) is 0.591. The first-order valence-electron chi connectivity index (χ1n) is 4.02. The average Bonchev–Trinajstić information content (AvgIpc) is 1.95. The van der Waals surface area contributed by atoms with Crippen molar-refractivity contribution in [3.05, 3.63) is 0 Å². The maximum atomic E-state index is 4.07. The molecule has 0 heterocycles. The molecule has 0 bridgehead atoms. The fourth-order valence-electron chi connectivity index (χ4n) is 0.591. The van der Waals surface area contributed by atoms with Gasteiger partial charge >= 0.3 is 0 Å². The quantitative estimate of drug-likeness (QED) is 0.348. The predicted octanol–water partition coefficient (Wildman–Crippen LogP) is 0.861. The summed E-state index contributed by atoms with van der Waals surface area (Å²) >= 11 is 0. The lowest BCUT2D eigenvalue weighted by atomic mass is 10.3. The lowest BCUT2D eigenvalue weighted by molar-refractivity contribution is 0.437. The number of rotatable bonds is 5. The van der Waals surface area contributed by atoms with E-state index in [2.05, 4.69) is 10.2 Å². The van der Waals surface area contributed by atoms with Crippen LogP contribution in [-0.2, 0) is 0 Å². The molecule has 0 aromatic rings. The monoisotopic (exact) mass is 170 g/mol. The summed E-state index contributed by atoms with van der Waals surface area (Å²) < 4.78 is 0. The van der Waals surface area contributed by atoms with E-state index in [-0.39, 0.29) is 0 Å². The third-order valence-electron chi connectivity index (χ3n) is 1.05. The van der Waals surface area contributed by atoms with Gasteiger partial charge in [-0.3, -0.25) is 0 Å². The van der Waals surface area contributed by atoms with Crippen LogP contribution in [0.3, 0.4) is 0 Å². The van der Waals surface area contributed by atoms with Gasteiger partial charge in [-0.05, 0) is 12.8 Å². The Morgan fingerprint density at radius 3 is 1.42 bits per heavy atom. The number of hydrazone groups is 2. The van der Waals surface area contributed by atoms with Crippen molar-refractivity contribution in [1.29, 1.82) is 0 Å². The zero-order valence-corrected chi connectivity index (χ0v) is 8.36. The molecule has 0 fully saturated rings. The summed E-state index contributed by atoms with van der Waals surface area (Å²) in [4.78, 5) is 0. The van der Waals surface area contributed by atoms with E-state index < -0.39 is 0 Å². The molecule has 0 aromatic heterocycles. The first-order valence-corrected chi connectivity index (χ1v) is 4.02. The molecule has 4 heteroatoms. The van der Waals surface area contributed by atoms with E-state index in [0.29, 0.717) is 0 Å². The van der Waals surface area contributed by atoms with Crippen molar-refractivity contribution >= 4 is 12.4 Å². The van der Waals surface area contributed by atoms with Gasteiger partial charge in [0.05, 0.1) is 0 Å². The Hall–Kier alpha value is -1.06. The molecule has 0 aliphatic heterocycles. The van der Waals surface area contributed by atoms with Gasteiger partial charge in [0.2, 0.25) is 0 Å². The minimum atomic E-state index is 0.940. The van der Waals surface area contributed by atoms with Crippen molar-refractivity contribution < 1.29 is 0 Å². The highest BCUT2D eigenvalue weighted by Gasteiger charge is 1.80. The molecule has 0 N–H and O–H groups in total. The minimum Gasteiger partial charge on any atom is -0.303 e. The number of unbranched alkanes of at least 4 members (excludes halogenated alkanes) is 1. The van der Waals surface area contributed by atoms with Crippen LogP contribution in [0, 0.1) is 0 Å². The maximum Gasteiger partial charge on any atom is 0.0248 e. The minimum absolute atomic E-state index is 0.940. The summed E-state index contributed by atoms with van der Waals surface area (Å²) in [5, 5.41) is 11.7. The Labute approximate surface area is 74.5 Å². The summed E-state index contributed by atoms with van der Waals surface area (Å²) in [5.41, 5.74) is 0. The number of hydrogen-bond acceptors (Lipinski definition) is 4. The lowest BCUT2D eigenvalue weighted by Crippen LogP contribution is -2.02. The van der Waals surface area contributed by atoms with Gasteiger partial charge in [-0.25, -0.2) is 0 Å². The molecule has 0 saturated carbocycles. The zero-order chi connectivity index (χ0) is 9.40. The SMILES string of the molecule is CN(C)N=CCCC=NN(C)C. The summed E-state index contributed by atoms with van der Waals surface area (Å²) in [6.45, 7) is 0. The van der Waals surface area contributed by atoms with Gasteiger partial charge in [0.15, 0.2) is 0 Å². The van der Waals surface area contributed by atoms with E-state index in [1.165, 1.54) is 0 Å². The molecule has 0 aliphatic carbocycles. The van der Waals surface area contributed by atoms with Crippen LogP contribution < -0.4 is 0 Å². The number of nitrogens with zero attached hydrogens (tertiary/aromatic N) is 4. The van der Waals surface area contributed by atoms with Crippen molar-refractivity contribution in [3.63, 3.8) is 0 Å². The Bertz CT molecular complexity index is 131. The second kappa shape index (κ2) is 6.64. The van der Waals surface area contributed by atoms with E-state index in [9.17, 15) is 0 Å². The van der Waals surface area contributed by atoms with E-state index >= 15 is 0 Å². The normalized spacial score (nSPS) is 11.3. The highest BCUT2D eigenvalue weighted by Crippen LogP contribution is 1.83. The molecule has 0 unspecified atom stereocenters. The highest BCUT2D eigenvalue weighted by molar-refractivity contribution is 5.65. The van der Waals surface area contributed by atoms with Gasteiger partial charge in [0.1, 0.15) is 0 Å². The molecular weight excluding hydrogens is 152 g/mol. The Kier molecular flexibility index (Phi) is 6.05. The van der Waals surface area contributed by atoms with Crippen LogP contribution in [0.5, 0.6) is 0 Å². The van der Waals surface area contributed by atoms with Crippen molar-refractivity contribution in [2.75, 3.05) is 28.2 Å². The lowest BCUT2D eigenvalue weighted by Gasteiger charge is -2.02. The third-order valence-corrected chi connectivity index (χ3v) is 1.05. The molecule has 4 nitrogen and oxygen atoms in total. The second-order valence-corrected chi connectivity index (χ2v) is 2.87. The molecule has 0 saturated heterocycles. The summed E-state index contributed by atoms with van der Waals surface area (Å²) in [6, 6.07) is 0. The molecule has 0 radical (unpaired) electrons. The van der Waals surface area contributed by atoms with E-state index in [1.807, 2.05) is 40.6 Å². The Morgan fingerprint density at radius 2 is 1.17 bits per heavy atom. The standard InChI is InChI=1S/C8H18N4/c1-11(2)9-7-5-6-8-10-12(3)4/h7-8H,5-6H2,1-4H3. The molecule has 0 aliphatic rings. The van der Waals surface area contributed by atoms with Crippen LogP contribution in [0.25, 0.3) is 0 Å². The van der Waals surface area contributed by atoms with Crippen molar-refractivity contribution in [3.8, 4) is 0 Å². The number of hydrogen-bond donors (Lipinski definition) is 0. The molecule has 0 amide bonds. The van der Waals surface area contributed by atoms with E-state index in [1.54, 1.807) is 10.0 Å². The van der Waals surface area contributed by atoms with Crippen LogP contribution in [0.15, 0.2) is 10.2 Å². The molecule has 70 valence electrons. The molecular formula is C8H18N4. The van der Waals surface area contributed by atoms with Gasteiger partial charge in [-0.2, -0.15) is 10.2 Å². The van der Waals surface area contributed by atoms with Gasteiger partial charge in [-0.15, -0.1) is 0 Å². The van der Waals surface area contributed by atoms with Gasteiger partial charge in [0.25, 0.3) is 0 Å². The van der Waals surface area contributed by atoms with Gasteiger partial charge < -0.3 is 10.0 Å². The van der Waals surface area contributed by atoms with Crippen molar-refractivity contribution in [2.45, 2.75) is 12.8 Å². The Balaban J connectivity index is 3.32. The molecule has 0 aromatic carbocycles. The van der Waals surface area contributed by atoms with Crippen LogP contribution >= 0.6 is 0 Å². The van der Waals surface area contributed by atoms with E-state index in [4.69, 9.17) is 0 Å². The highest BCUT2D eigenvalue weighted by atomic mass is 15.4. The van der Waals surface area contributed by atoms with Gasteiger partial charge in [-0.1, -0.05) is 0 Å². The van der Waals surface area contributed by atoms with Crippen LogP contribution in [0.4, 0.5) is 0 Å². The largest absolute Gasteiger partial charge is 0.303 e. The first-order chi connectivity index (χ1) is 5.63. The van der Waals surface area contributed by atoms with Crippen molar-refractivity contribution in [1.82, 2.24) is 10.0 Å². The fraction of sp³-hybridized carbons (Fsp3) is 0.750. The van der Waals surface area contributed by atoms with Crippen LogP contribution in [-0.4, -0.2) is 50.6 Å². The first kappa shape index (κ1) is 10.9. The van der Waals surface area contributed by atoms with Crippen LogP contribution in [0.1, 0.15) is 12.8 Å². The second-order valence-electron chi connectivity index (χ2n) is 2.87. The smallest absolute Gasteiger partial charge is 0.0248 e. The molecule has 0 atom stereocenters. The zero-order valence-electron chi connectivity index (χ0n) is 8.36. The molecule has 0 rings (SSSR count). The van der Waals surface area contributed by atoms with Crippen LogP contribution in [0.2, 0.25) is 0 Å². The molecule has 0 spiro atoms. The molecule has 12 heavy (non-hydrogen) atoms. The summed E-state index contributed by atoms with van der Waals surface area (Å²) in [7, 11) is 7.63. The summed E-state index contributed by atoms with van der Waals surface area (Å²) in [6.07, 6.45) is 5.66. The predicted molar refractivity (Wildman–Crippen MR) is 53.6 cm³/mol. The summed E-state index contributed by atoms with van der Waals surface area (Å²) in [5.74, 6) is 0. The van der Waals surface area contributed by atoms with Gasteiger partial charge in [0, 0.05) is 40.6 Å².